The first-order chi connectivity index (χ1) is 11.0. The minimum absolute atomic E-state index is 0.0141. The minimum Gasteiger partial charge on any atom is -0.361 e. The van der Waals surface area contributed by atoms with Crippen molar-refractivity contribution in [2.75, 3.05) is 13.1 Å². The van der Waals surface area contributed by atoms with Gasteiger partial charge in [0.05, 0.1) is 5.56 Å². The average molecular weight is 420 g/mol. The van der Waals surface area contributed by atoms with Crippen molar-refractivity contribution < 1.29 is 36.0 Å². The minimum atomic E-state index is -5.03. The van der Waals surface area contributed by atoms with Crippen molar-refractivity contribution in [2.24, 2.45) is 5.92 Å². The average Bonchev–Trinajstić information content (AvgIpc) is 2.39. The fourth-order valence-corrected chi connectivity index (χ4v) is 2.81. The van der Waals surface area contributed by atoms with Gasteiger partial charge >= 0.3 is 18.3 Å². The standard InChI is InChI=1S/C14H12BrF6NO2/c15-11-5-10(13(16,17)18)4-3-9(11)2-1-8-6-22(7-8)24-12(23)14(19,20)21/h3-5,8H,1-2,6-7H2. The number of halogens is 7. The second-order valence-electron chi connectivity index (χ2n) is 5.43. The Morgan fingerprint density at radius 1 is 1.21 bits per heavy atom. The van der Waals surface area contributed by atoms with Gasteiger partial charge in [-0.05, 0) is 36.5 Å². The summed E-state index contributed by atoms with van der Waals surface area (Å²) in [5.74, 6) is -2.24. The van der Waals surface area contributed by atoms with Gasteiger partial charge < -0.3 is 4.84 Å². The quantitative estimate of drug-likeness (QED) is 0.679. The van der Waals surface area contributed by atoms with E-state index in [1.54, 1.807) is 0 Å². The second kappa shape index (κ2) is 6.91. The van der Waals surface area contributed by atoms with Gasteiger partial charge in [0.2, 0.25) is 0 Å². The van der Waals surface area contributed by atoms with Crippen molar-refractivity contribution in [1.82, 2.24) is 5.06 Å². The van der Waals surface area contributed by atoms with Crippen molar-refractivity contribution in [2.45, 2.75) is 25.2 Å². The van der Waals surface area contributed by atoms with Crippen LogP contribution in [0.1, 0.15) is 17.5 Å². The van der Waals surface area contributed by atoms with Crippen LogP contribution in [-0.4, -0.2) is 30.3 Å². The first kappa shape index (κ1) is 19.0. The molecule has 1 fully saturated rings. The molecule has 0 unspecified atom stereocenters. The van der Waals surface area contributed by atoms with Crippen LogP contribution in [0.3, 0.4) is 0 Å². The highest BCUT2D eigenvalue weighted by Gasteiger charge is 2.44. The summed E-state index contributed by atoms with van der Waals surface area (Å²) in [5, 5.41) is 0.919. The third-order valence-corrected chi connectivity index (χ3v) is 4.31. The van der Waals surface area contributed by atoms with Crippen molar-refractivity contribution in [3.63, 3.8) is 0 Å². The van der Waals surface area contributed by atoms with E-state index in [0.717, 1.165) is 17.2 Å². The highest BCUT2D eigenvalue weighted by Crippen LogP contribution is 2.33. The molecule has 10 heteroatoms. The van der Waals surface area contributed by atoms with E-state index in [1.807, 2.05) is 0 Å². The normalized spacial score (nSPS) is 16.8. The maximum Gasteiger partial charge on any atom is 0.492 e. The first-order valence-corrected chi connectivity index (χ1v) is 7.66. The number of hydroxylamine groups is 2. The number of carbonyl (C=O) groups excluding carboxylic acids is 1. The molecular weight excluding hydrogens is 408 g/mol. The van der Waals surface area contributed by atoms with Gasteiger partial charge in [-0.1, -0.05) is 22.0 Å². The van der Waals surface area contributed by atoms with Gasteiger partial charge in [0, 0.05) is 17.6 Å². The predicted molar refractivity (Wildman–Crippen MR) is 74.7 cm³/mol. The van der Waals surface area contributed by atoms with Crippen LogP contribution in [0.4, 0.5) is 26.3 Å². The van der Waals surface area contributed by atoms with Crippen LogP contribution in [0.15, 0.2) is 22.7 Å². The van der Waals surface area contributed by atoms with E-state index < -0.39 is 23.9 Å². The van der Waals surface area contributed by atoms with Crippen LogP contribution in [0.25, 0.3) is 0 Å². The molecule has 0 atom stereocenters. The molecule has 0 saturated carbocycles. The molecule has 0 aromatic heterocycles. The Kier molecular flexibility index (Phi) is 5.48. The van der Waals surface area contributed by atoms with Crippen molar-refractivity contribution in [3.05, 3.63) is 33.8 Å². The molecule has 0 N–H and O–H groups in total. The largest absolute Gasteiger partial charge is 0.492 e. The van der Waals surface area contributed by atoms with Gasteiger partial charge in [-0.15, -0.1) is 5.06 Å². The highest BCUT2D eigenvalue weighted by atomic mass is 79.9. The van der Waals surface area contributed by atoms with Crippen molar-refractivity contribution in [1.29, 1.82) is 0 Å². The summed E-state index contributed by atoms with van der Waals surface area (Å²) in [5.41, 5.74) is -0.0826. The number of aryl methyl sites for hydroxylation is 1. The SMILES string of the molecule is O=C(ON1CC(CCc2ccc(C(F)(F)F)cc2Br)C1)C(F)(F)F. The number of rotatable bonds is 4. The molecule has 3 nitrogen and oxygen atoms in total. The van der Waals surface area contributed by atoms with E-state index in [-0.39, 0.29) is 19.0 Å². The zero-order valence-corrected chi connectivity index (χ0v) is 13.6. The third kappa shape index (κ3) is 4.85. The van der Waals surface area contributed by atoms with E-state index >= 15 is 0 Å². The molecular formula is C14H12BrF6NO2. The Hall–Kier alpha value is -1.29. The smallest absolute Gasteiger partial charge is 0.361 e. The molecule has 1 aliphatic heterocycles. The molecule has 0 spiro atoms. The molecule has 1 aromatic rings. The third-order valence-electron chi connectivity index (χ3n) is 3.57. The molecule has 0 aliphatic carbocycles. The summed E-state index contributed by atoms with van der Waals surface area (Å²) in [6, 6.07) is 3.35. The van der Waals surface area contributed by atoms with Gasteiger partial charge in [0.1, 0.15) is 0 Å². The van der Waals surface area contributed by atoms with Crippen LogP contribution in [0.5, 0.6) is 0 Å². The van der Waals surface area contributed by atoms with E-state index in [4.69, 9.17) is 0 Å². The molecule has 134 valence electrons. The van der Waals surface area contributed by atoms with Crippen molar-refractivity contribution in [3.8, 4) is 0 Å². The molecule has 1 aliphatic rings. The summed E-state index contributed by atoms with van der Waals surface area (Å²) < 4.78 is 74.0. The number of nitrogens with zero attached hydrogens (tertiary/aromatic N) is 1. The van der Waals surface area contributed by atoms with Crippen LogP contribution >= 0.6 is 15.9 Å². The summed E-state index contributed by atoms with van der Waals surface area (Å²) >= 11 is 3.09. The van der Waals surface area contributed by atoms with Crippen molar-refractivity contribution >= 4 is 21.9 Å². The molecule has 1 heterocycles. The van der Waals surface area contributed by atoms with E-state index in [9.17, 15) is 31.1 Å². The number of hydrogen-bond acceptors (Lipinski definition) is 3. The first-order valence-electron chi connectivity index (χ1n) is 6.86. The lowest BCUT2D eigenvalue weighted by Crippen LogP contribution is -2.49. The Labute approximate surface area is 141 Å². The summed E-state index contributed by atoms with van der Waals surface area (Å²) in [6.45, 7) is 0.333. The maximum absolute atomic E-state index is 12.6. The molecule has 24 heavy (non-hydrogen) atoms. The van der Waals surface area contributed by atoms with Gasteiger partial charge in [-0.25, -0.2) is 4.79 Å². The van der Waals surface area contributed by atoms with Crippen LogP contribution < -0.4 is 0 Å². The fourth-order valence-electron chi connectivity index (χ4n) is 2.23. The number of benzene rings is 1. The topological polar surface area (TPSA) is 29.5 Å². The predicted octanol–water partition coefficient (Wildman–Crippen LogP) is 4.35. The van der Waals surface area contributed by atoms with E-state index in [2.05, 4.69) is 20.8 Å². The van der Waals surface area contributed by atoms with Crippen LogP contribution in [0, 0.1) is 5.92 Å². The monoisotopic (exact) mass is 419 g/mol. The Morgan fingerprint density at radius 3 is 2.33 bits per heavy atom. The molecule has 0 amide bonds. The molecule has 0 radical (unpaired) electrons. The maximum atomic E-state index is 12.6. The lowest BCUT2D eigenvalue weighted by Gasteiger charge is -2.37. The van der Waals surface area contributed by atoms with E-state index in [1.165, 1.54) is 6.07 Å². The van der Waals surface area contributed by atoms with E-state index in [0.29, 0.717) is 22.9 Å². The Bertz CT molecular complexity index is 610. The summed E-state index contributed by atoms with van der Waals surface area (Å²) in [6.07, 6.45) is -8.43. The number of alkyl halides is 6. The lowest BCUT2D eigenvalue weighted by molar-refractivity contribution is -0.258. The van der Waals surface area contributed by atoms with Crippen LogP contribution in [-0.2, 0) is 22.2 Å². The van der Waals surface area contributed by atoms with Gasteiger partial charge in [-0.3, -0.25) is 0 Å². The zero-order valence-electron chi connectivity index (χ0n) is 12.0. The van der Waals surface area contributed by atoms with Gasteiger partial charge in [0.15, 0.2) is 0 Å². The Morgan fingerprint density at radius 2 is 1.83 bits per heavy atom. The molecule has 2 rings (SSSR count). The highest BCUT2D eigenvalue weighted by molar-refractivity contribution is 9.10. The summed E-state index contributed by atoms with van der Waals surface area (Å²) in [4.78, 5) is 14.8. The van der Waals surface area contributed by atoms with Gasteiger partial charge in [-0.2, -0.15) is 26.3 Å². The zero-order chi connectivity index (χ0) is 18.1. The second-order valence-corrected chi connectivity index (χ2v) is 6.29. The fraction of sp³-hybridized carbons (Fsp3) is 0.500. The number of carbonyl (C=O) groups is 1. The summed E-state index contributed by atoms with van der Waals surface area (Å²) in [7, 11) is 0. The molecule has 0 bridgehead atoms. The lowest BCUT2D eigenvalue weighted by atomic mass is 9.94. The molecule has 1 aromatic carbocycles. The van der Waals surface area contributed by atoms with Crippen LogP contribution in [0.2, 0.25) is 0 Å². The Balaban J connectivity index is 1.79. The van der Waals surface area contributed by atoms with Gasteiger partial charge in [0.25, 0.3) is 0 Å². The molecule has 1 saturated heterocycles. The number of hydrogen-bond donors (Lipinski definition) is 0.